The van der Waals surface area contributed by atoms with E-state index in [4.69, 9.17) is 0 Å². The van der Waals surface area contributed by atoms with Crippen molar-refractivity contribution in [1.82, 2.24) is 0 Å². The molecule has 0 aliphatic heterocycles. The summed E-state index contributed by atoms with van der Waals surface area (Å²) >= 11 is 0. The second kappa shape index (κ2) is 4.16. The molecule has 3 aromatic carbocycles. The van der Waals surface area contributed by atoms with Crippen LogP contribution in [-0.2, 0) is 0 Å². The zero-order chi connectivity index (χ0) is 15.8. The summed E-state index contributed by atoms with van der Waals surface area (Å²) in [5, 5.41) is 9.34. The van der Waals surface area contributed by atoms with Crippen molar-refractivity contribution in [2.75, 3.05) is 0 Å². The number of nitrogens with zero attached hydrogens (tertiary/aromatic N) is 1. The molecule has 24 heavy (non-hydrogen) atoms. The van der Waals surface area contributed by atoms with Gasteiger partial charge in [-0.3, -0.25) is 0 Å². The normalized spacial score (nSPS) is 27.1. The van der Waals surface area contributed by atoms with Gasteiger partial charge in [-0.15, -0.1) is 0 Å². The molecule has 6 rings (SSSR count). The Morgan fingerprint density at radius 2 is 1.04 bits per heavy atom. The van der Waals surface area contributed by atoms with Crippen LogP contribution in [0.1, 0.15) is 56.7 Å². The molecule has 0 bridgehead atoms. The molecule has 4 atom stereocenters. The van der Waals surface area contributed by atoms with Crippen LogP contribution in [0.5, 0.6) is 0 Å². The standard InChI is InChI=1S/C23H15N/c24-12-13-9-10-18-19(11-13)22-17-8-4-3-7-16(17)20-14-5-1-2-6-15(14)21(18)23(20)22/h1-11,20-23H/t20-,21+,22-,23?/m0/s1. The molecule has 1 unspecified atom stereocenters. The van der Waals surface area contributed by atoms with E-state index in [-0.39, 0.29) is 0 Å². The predicted octanol–water partition coefficient (Wildman–Crippen LogP) is 4.91. The summed E-state index contributed by atoms with van der Waals surface area (Å²) in [6.45, 7) is 0. The molecule has 0 saturated carbocycles. The van der Waals surface area contributed by atoms with Gasteiger partial charge >= 0.3 is 0 Å². The maximum atomic E-state index is 9.34. The minimum atomic E-state index is 0.437. The van der Waals surface area contributed by atoms with Crippen LogP contribution in [-0.4, -0.2) is 0 Å². The highest BCUT2D eigenvalue weighted by Crippen LogP contribution is 2.68. The fraction of sp³-hybridized carbons (Fsp3) is 0.174. The molecular formula is C23H15N. The van der Waals surface area contributed by atoms with Crippen LogP contribution in [0.15, 0.2) is 66.7 Å². The third-order valence-electron chi connectivity index (χ3n) is 6.37. The summed E-state index contributed by atoms with van der Waals surface area (Å²) in [4.78, 5) is 0. The molecule has 0 saturated heterocycles. The highest BCUT2D eigenvalue weighted by molar-refractivity contribution is 5.66. The summed E-state index contributed by atoms with van der Waals surface area (Å²) in [6, 6.07) is 26.6. The molecule has 0 spiro atoms. The Kier molecular flexibility index (Phi) is 2.18. The largest absolute Gasteiger partial charge is 0.192 e. The Morgan fingerprint density at radius 3 is 1.54 bits per heavy atom. The zero-order valence-corrected chi connectivity index (χ0v) is 13.1. The van der Waals surface area contributed by atoms with Gasteiger partial charge < -0.3 is 0 Å². The molecule has 0 heterocycles. The second-order valence-corrected chi connectivity index (χ2v) is 7.22. The van der Waals surface area contributed by atoms with Gasteiger partial charge in [-0.2, -0.15) is 5.26 Å². The molecule has 3 aliphatic carbocycles. The van der Waals surface area contributed by atoms with Gasteiger partial charge in [0.25, 0.3) is 0 Å². The Hall–Kier alpha value is -2.85. The first-order chi connectivity index (χ1) is 11.9. The lowest BCUT2D eigenvalue weighted by Crippen LogP contribution is -2.07. The lowest BCUT2D eigenvalue weighted by Gasteiger charge is -2.16. The third kappa shape index (κ3) is 1.28. The van der Waals surface area contributed by atoms with E-state index < -0.39 is 0 Å². The Balaban J connectivity index is 1.73. The number of fused-ring (bicyclic) bond motifs is 9. The lowest BCUT2D eigenvalue weighted by molar-refractivity contribution is 0.486. The van der Waals surface area contributed by atoms with Crippen LogP contribution < -0.4 is 0 Å². The summed E-state index contributed by atoms with van der Waals surface area (Å²) in [7, 11) is 0. The molecule has 112 valence electrons. The minimum Gasteiger partial charge on any atom is -0.192 e. The topological polar surface area (TPSA) is 23.8 Å². The van der Waals surface area contributed by atoms with E-state index >= 15 is 0 Å². The number of hydrogen-bond acceptors (Lipinski definition) is 1. The van der Waals surface area contributed by atoms with Gasteiger partial charge in [0.1, 0.15) is 0 Å². The van der Waals surface area contributed by atoms with Crippen LogP contribution in [0.2, 0.25) is 0 Å². The molecule has 3 aliphatic rings. The molecule has 1 heteroatoms. The Morgan fingerprint density at radius 1 is 0.583 bits per heavy atom. The van der Waals surface area contributed by atoms with Crippen molar-refractivity contribution in [3.63, 3.8) is 0 Å². The summed E-state index contributed by atoms with van der Waals surface area (Å²) in [5.41, 5.74) is 9.58. The van der Waals surface area contributed by atoms with Crippen LogP contribution in [0.4, 0.5) is 0 Å². The first-order valence-electron chi connectivity index (χ1n) is 8.60. The Labute approximate surface area is 141 Å². The summed E-state index contributed by atoms with van der Waals surface area (Å²) in [5.74, 6) is 2.01. The first kappa shape index (κ1) is 12.6. The quantitative estimate of drug-likeness (QED) is 0.579. The smallest absolute Gasteiger partial charge is 0.0991 e. The SMILES string of the molecule is N#Cc1ccc2c(c1)[C@@H]1c3ccccc3[C@@H]3c4ccccc4[C@H]2C31. The maximum absolute atomic E-state index is 9.34. The number of benzene rings is 3. The maximum Gasteiger partial charge on any atom is 0.0991 e. The molecule has 3 aromatic rings. The Bertz CT molecular complexity index is 1050. The zero-order valence-electron chi connectivity index (χ0n) is 13.1. The van der Waals surface area contributed by atoms with Gasteiger partial charge in [0, 0.05) is 17.8 Å². The van der Waals surface area contributed by atoms with Crippen LogP contribution in [0.3, 0.4) is 0 Å². The monoisotopic (exact) mass is 305 g/mol. The fourth-order valence-electron chi connectivity index (χ4n) is 5.68. The van der Waals surface area contributed by atoms with Crippen molar-refractivity contribution in [1.29, 1.82) is 5.26 Å². The van der Waals surface area contributed by atoms with Crippen LogP contribution >= 0.6 is 0 Å². The van der Waals surface area contributed by atoms with E-state index in [0.29, 0.717) is 23.7 Å². The molecule has 0 amide bonds. The van der Waals surface area contributed by atoms with E-state index in [0.717, 1.165) is 5.56 Å². The van der Waals surface area contributed by atoms with Gasteiger partial charge in [-0.25, -0.2) is 0 Å². The van der Waals surface area contributed by atoms with Gasteiger partial charge in [0.05, 0.1) is 11.6 Å². The van der Waals surface area contributed by atoms with Crippen molar-refractivity contribution >= 4 is 0 Å². The first-order valence-corrected chi connectivity index (χ1v) is 8.60. The number of rotatable bonds is 0. The molecule has 0 aromatic heterocycles. The van der Waals surface area contributed by atoms with E-state index in [9.17, 15) is 5.26 Å². The van der Waals surface area contributed by atoms with Gasteiger partial charge in [0.2, 0.25) is 0 Å². The highest BCUT2D eigenvalue weighted by atomic mass is 14.6. The van der Waals surface area contributed by atoms with Crippen molar-refractivity contribution in [2.45, 2.75) is 17.8 Å². The number of nitriles is 1. The van der Waals surface area contributed by atoms with Crippen molar-refractivity contribution in [2.24, 2.45) is 5.92 Å². The van der Waals surface area contributed by atoms with Crippen LogP contribution in [0.25, 0.3) is 0 Å². The van der Waals surface area contributed by atoms with Crippen molar-refractivity contribution < 1.29 is 0 Å². The molecule has 1 nitrogen and oxygen atoms in total. The average molecular weight is 305 g/mol. The third-order valence-corrected chi connectivity index (χ3v) is 6.37. The van der Waals surface area contributed by atoms with E-state index in [1.807, 2.05) is 6.07 Å². The van der Waals surface area contributed by atoms with Gasteiger partial charge in [-0.05, 0) is 51.4 Å². The van der Waals surface area contributed by atoms with Crippen LogP contribution in [0, 0.1) is 17.2 Å². The predicted molar refractivity (Wildman–Crippen MR) is 93.1 cm³/mol. The lowest BCUT2D eigenvalue weighted by atomic mass is 9.86. The average Bonchev–Trinajstić information content (AvgIpc) is 3.25. The molecule has 0 N–H and O–H groups in total. The van der Waals surface area contributed by atoms with E-state index in [1.165, 1.54) is 33.4 Å². The molecule has 0 radical (unpaired) electrons. The van der Waals surface area contributed by atoms with Crippen molar-refractivity contribution in [3.8, 4) is 6.07 Å². The van der Waals surface area contributed by atoms with Gasteiger partial charge in [-0.1, -0.05) is 54.6 Å². The minimum absolute atomic E-state index is 0.437. The highest BCUT2D eigenvalue weighted by Gasteiger charge is 2.56. The number of hydrogen-bond donors (Lipinski definition) is 0. The summed E-state index contributed by atoms with van der Waals surface area (Å²) in [6.07, 6.45) is 0. The summed E-state index contributed by atoms with van der Waals surface area (Å²) < 4.78 is 0. The fourth-order valence-corrected chi connectivity index (χ4v) is 5.68. The van der Waals surface area contributed by atoms with Gasteiger partial charge in [0.15, 0.2) is 0 Å². The van der Waals surface area contributed by atoms with Crippen molar-refractivity contribution in [3.05, 3.63) is 106 Å². The van der Waals surface area contributed by atoms with E-state index in [1.54, 1.807) is 0 Å². The molecule has 0 fully saturated rings. The molecular weight excluding hydrogens is 290 g/mol. The van der Waals surface area contributed by atoms with E-state index in [2.05, 4.69) is 66.7 Å². The second-order valence-electron chi connectivity index (χ2n) is 7.22.